The Morgan fingerprint density at radius 1 is 0.880 bits per heavy atom. The van der Waals surface area contributed by atoms with Crippen molar-refractivity contribution in [3.05, 3.63) is 48.0 Å². The lowest BCUT2D eigenvalue weighted by atomic mass is 9.97. The van der Waals surface area contributed by atoms with Crippen LogP contribution in [-0.4, -0.2) is 24.2 Å². The van der Waals surface area contributed by atoms with E-state index >= 15 is 0 Å². The smallest absolute Gasteiger partial charge is 0.130 e. The second-order valence-electron chi connectivity index (χ2n) is 6.57. The molecule has 4 heteroatoms. The van der Waals surface area contributed by atoms with E-state index in [1.807, 2.05) is 30.3 Å². The molecule has 124 valence electrons. The van der Waals surface area contributed by atoms with Crippen LogP contribution in [0.2, 0.25) is 0 Å². The van der Waals surface area contributed by atoms with Gasteiger partial charge >= 0.3 is 0 Å². The Balaban J connectivity index is 1.99. The third-order valence-corrected chi connectivity index (χ3v) is 4.98. The van der Waals surface area contributed by atoms with Gasteiger partial charge in [-0.1, -0.05) is 12.1 Å². The topological polar surface area (TPSA) is 44.2 Å². The molecule has 0 N–H and O–H groups in total. The van der Waals surface area contributed by atoms with Gasteiger partial charge in [-0.2, -0.15) is 0 Å². The maximum atomic E-state index is 5.70. The number of ether oxygens (including phenoxy) is 2. The Hall–Kier alpha value is -2.88. The summed E-state index contributed by atoms with van der Waals surface area (Å²) in [5, 5.41) is 2.19. The molecule has 0 unspecified atom stereocenters. The van der Waals surface area contributed by atoms with Crippen LogP contribution in [0.15, 0.2) is 42.5 Å². The fraction of sp³-hybridized carbons (Fsp3) is 0.238. The Bertz CT molecular complexity index is 1130. The molecule has 0 spiro atoms. The van der Waals surface area contributed by atoms with Gasteiger partial charge < -0.3 is 9.47 Å². The first-order valence-corrected chi connectivity index (χ1v) is 8.53. The number of hydrogen-bond acceptors (Lipinski definition) is 4. The molecule has 0 bridgehead atoms. The molecule has 1 aliphatic carbocycles. The fourth-order valence-electron chi connectivity index (χ4n) is 3.60. The molecule has 0 saturated heterocycles. The number of nitrogens with zero attached hydrogens (tertiary/aromatic N) is 2. The number of rotatable bonds is 3. The van der Waals surface area contributed by atoms with E-state index in [-0.39, 0.29) is 0 Å². The van der Waals surface area contributed by atoms with Crippen molar-refractivity contribution in [3.8, 4) is 11.5 Å². The van der Waals surface area contributed by atoms with Gasteiger partial charge in [0.25, 0.3) is 0 Å². The largest absolute Gasteiger partial charge is 0.497 e. The quantitative estimate of drug-likeness (QED) is 0.398. The predicted molar refractivity (Wildman–Crippen MR) is 99.6 cm³/mol. The normalized spacial score (nSPS) is 14.3. The zero-order chi connectivity index (χ0) is 17.0. The zero-order valence-electron chi connectivity index (χ0n) is 14.2. The summed E-state index contributed by atoms with van der Waals surface area (Å²) in [6.07, 6.45) is 2.44. The van der Waals surface area contributed by atoms with Crippen molar-refractivity contribution in [1.29, 1.82) is 0 Å². The molecule has 1 aliphatic rings. The fourth-order valence-corrected chi connectivity index (χ4v) is 3.60. The highest BCUT2D eigenvalue weighted by Gasteiger charge is 2.28. The van der Waals surface area contributed by atoms with E-state index in [0.717, 1.165) is 44.3 Å². The summed E-state index contributed by atoms with van der Waals surface area (Å²) in [7, 11) is 3.38. The minimum atomic E-state index is 0.586. The van der Waals surface area contributed by atoms with E-state index in [0.29, 0.717) is 5.92 Å². The van der Waals surface area contributed by atoms with Crippen LogP contribution >= 0.6 is 0 Å². The molecule has 1 fully saturated rings. The maximum Gasteiger partial charge on any atom is 0.130 e. The molecule has 0 aliphatic heterocycles. The third kappa shape index (κ3) is 2.21. The first-order chi connectivity index (χ1) is 12.3. The van der Waals surface area contributed by atoms with E-state index in [1.54, 1.807) is 14.2 Å². The highest BCUT2D eigenvalue weighted by atomic mass is 16.5. The molecule has 3 aromatic carbocycles. The summed E-state index contributed by atoms with van der Waals surface area (Å²) >= 11 is 0. The van der Waals surface area contributed by atoms with Crippen LogP contribution in [0.1, 0.15) is 24.3 Å². The lowest BCUT2D eigenvalue weighted by Crippen LogP contribution is -1.96. The highest BCUT2D eigenvalue weighted by Crippen LogP contribution is 2.48. The van der Waals surface area contributed by atoms with Crippen LogP contribution in [0.25, 0.3) is 32.8 Å². The molecule has 1 aromatic heterocycles. The molecule has 0 radical (unpaired) electrons. The van der Waals surface area contributed by atoms with E-state index < -0.39 is 0 Å². The third-order valence-electron chi connectivity index (χ3n) is 4.98. The van der Waals surface area contributed by atoms with Crippen molar-refractivity contribution in [3.63, 3.8) is 0 Å². The standard InChI is InChI=1S/C21H18N2O2/c1-24-13-9-15-20(19(10-13)25-2)14(12-7-8-12)11-18-21(15)23-17-6-4-3-5-16(17)22-18/h3-6,9-12H,7-8H2,1-2H3. The van der Waals surface area contributed by atoms with Gasteiger partial charge in [-0.15, -0.1) is 0 Å². The van der Waals surface area contributed by atoms with Gasteiger partial charge in [-0.25, -0.2) is 9.97 Å². The van der Waals surface area contributed by atoms with E-state index in [9.17, 15) is 0 Å². The summed E-state index contributed by atoms with van der Waals surface area (Å²) < 4.78 is 11.2. The van der Waals surface area contributed by atoms with Gasteiger partial charge in [0.2, 0.25) is 0 Å². The van der Waals surface area contributed by atoms with Crippen molar-refractivity contribution >= 4 is 32.8 Å². The molecule has 4 aromatic rings. The summed E-state index contributed by atoms with van der Waals surface area (Å²) in [6, 6.07) is 14.2. The lowest BCUT2D eigenvalue weighted by Gasteiger charge is -2.15. The predicted octanol–water partition coefficient (Wildman–Crippen LogP) is 4.83. The van der Waals surface area contributed by atoms with Crippen LogP contribution in [0.5, 0.6) is 11.5 Å². The Morgan fingerprint density at radius 2 is 1.64 bits per heavy atom. The summed E-state index contributed by atoms with van der Waals surface area (Å²) in [6.45, 7) is 0. The van der Waals surface area contributed by atoms with E-state index in [1.165, 1.54) is 18.4 Å². The van der Waals surface area contributed by atoms with E-state index in [4.69, 9.17) is 19.4 Å². The molecule has 25 heavy (non-hydrogen) atoms. The first-order valence-electron chi connectivity index (χ1n) is 8.53. The number of para-hydroxylation sites is 2. The number of hydrogen-bond donors (Lipinski definition) is 0. The van der Waals surface area contributed by atoms with Crippen LogP contribution in [0.3, 0.4) is 0 Å². The molecule has 5 rings (SSSR count). The maximum absolute atomic E-state index is 5.70. The molecular weight excluding hydrogens is 312 g/mol. The lowest BCUT2D eigenvalue weighted by molar-refractivity contribution is 0.398. The second-order valence-corrected chi connectivity index (χ2v) is 6.57. The van der Waals surface area contributed by atoms with Gasteiger partial charge in [0.1, 0.15) is 11.5 Å². The van der Waals surface area contributed by atoms with Crippen LogP contribution in [0.4, 0.5) is 0 Å². The number of benzene rings is 3. The Kier molecular flexibility index (Phi) is 3.07. The zero-order valence-corrected chi connectivity index (χ0v) is 14.2. The minimum absolute atomic E-state index is 0.586. The van der Waals surface area contributed by atoms with Crippen molar-refractivity contribution in [2.24, 2.45) is 0 Å². The number of fused-ring (bicyclic) bond motifs is 4. The molecule has 1 saturated carbocycles. The average Bonchev–Trinajstić information content (AvgIpc) is 3.50. The first kappa shape index (κ1) is 14.5. The van der Waals surface area contributed by atoms with Crippen molar-refractivity contribution < 1.29 is 9.47 Å². The van der Waals surface area contributed by atoms with Crippen LogP contribution in [-0.2, 0) is 0 Å². The summed E-state index contributed by atoms with van der Waals surface area (Å²) in [5.41, 5.74) is 4.97. The van der Waals surface area contributed by atoms with Crippen LogP contribution < -0.4 is 9.47 Å². The van der Waals surface area contributed by atoms with Crippen molar-refractivity contribution in [2.45, 2.75) is 18.8 Å². The molecule has 0 amide bonds. The summed E-state index contributed by atoms with van der Waals surface area (Å²) in [5.74, 6) is 2.20. The Labute approximate surface area is 145 Å². The molecular formula is C21H18N2O2. The van der Waals surface area contributed by atoms with E-state index in [2.05, 4.69) is 12.1 Å². The van der Waals surface area contributed by atoms with Gasteiger partial charge in [-0.05, 0) is 48.6 Å². The van der Waals surface area contributed by atoms with Gasteiger partial charge in [0, 0.05) is 16.8 Å². The van der Waals surface area contributed by atoms with Gasteiger partial charge in [-0.3, -0.25) is 0 Å². The molecule has 0 atom stereocenters. The number of aromatic nitrogens is 2. The monoisotopic (exact) mass is 330 g/mol. The second kappa shape index (κ2) is 5.31. The number of methoxy groups -OCH3 is 2. The SMILES string of the molecule is COc1cc(OC)c2c(C3CC3)cc3nc4ccccc4nc3c2c1. The van der Waals surface area contributed by atoms with Crippen molar-refractivity contribution in [1.82, 2.24) is 9.97 Å². The van der Waals surface area contributed by atoms with Gasteiger partial charge in [0.05, 0.1) is 36.3 Å². The Morgan fingerprint density at radius 3 is 2.32 bits per heavy atom. The highest BCUT2D eigenvalue weighted by molar-refractivity contribution is 6.10. The van der Waals surface area contributed by atoms with Crippen molar-refractivity contribution in [2.75, 3.05) is 14.2 Å². The average molecular weight is 330 g/mol. The molecule has 1 heterocycles. The van der Waals surface area contributed by atoms with Crippen LogP contribution in [0, 0.1) is 0 Å². The minimum Gasteiger partial charge on any atom is -0.497 e. The summed E-state index contributed by atoms with van der Waals surface area (Å²) in [4.78, 5) is 9.77. The molecule has 4 nitrogen and oxygen atoms in total. The van der Waals surface area contributed by atoms with Gasteiger partial charge in [0.15, 0.2) is 0 Å².